The Morgan fingerprint density at radius 1 is 0.611 bits per heavy atom. The van der Waals surface area contributed by atoms with Crippen LogP contribution < -0.4 is 47.9 Å². The Bertz CT molecular complexity index is 644. The first-order chi connectivity index (χ1) is 16.2. The van der Waals surface area contributed by atoms with Crippen LogP contribution in [0.15, 0.2) is 0 Å². The van der Waals surface area contributed by atoms with Gasteiger partial charge in [-0.15, -0.1) is 0 Å². The number of carbonyl (C=O) groups is 2. The smallest absolute Gasteiger partial charge is 0.550 e. The predicted octanol–water partition coefficient (Wildman–Crippen LogP) is -1.28. The standard InChI is InChI=1S/C26H50O7S.2Li/c1-2-3-4-5-6-7-8-9-10-11-12-13-14-15-16-17-18-19-20-21-22-26(25(29)30,23-24(27)28)34(31,32)33;;/h2-23H2,1H3,(H,27,28)(H,29,30)(H,31,32,33);;/q;2*+1/p-2. The molecule has 1 unspecified atom stereocenters. The van der Waals surface area contributed by atoms with E-state index in [-0.39, 0.29) is 44.1 Å². The molecule has 0 aromatic rings. The molecule has 1 atom stereocenters. The van der Waals surface area contributed by atoms with Crippen LogP contribution in [0.4, 0.5) is 0 Å². The molecule has 0 rings (SSSR count). The molecule has 7 nitrogen and oxygen atoms in total. The van der Waals surface area contributed by atoms with Crippen molar-refractivity contribution in [3.63, 3.8) is 0 Å². The molecule has 0 amide bonds. The maximum atomic E-state index is 11.5. The Hall–Kier alpha value is 0.0448. The van der Waals surface area contributed by atoms with Crippen LogP contribution in [-0.4, -0.2) is 29.7 Å². The van der Waals surface area contributed by atoms with Crippen LogP contribution >= 0.6 is 0 Å². The first-order valence-electron chi connectivity index (χ1n) is 13.6. The van der Waals surface area contributed by atoms with Crippen LogP contribution in [0, 0.1) is 0 Å². The van der Waals surface area contributed by atoms with Gasteiger partial charge in [0.2, 0.25) is 0 Å². The monoisotopic (exact) mass is 518 g/mol. The molecule has 0 heterocycles. The molecule has 0 aliphatic carbocycles. The minimum atomic E-state index is -5.13. The summed E-state index contributed by atoms with van der Waals surface area (Å²) in [5.41, 5.74) is 0. The van der Waals surface area contributed by atoms with Crippen LogP contribution in [0.5, 0.6) is 0 Å². The molecule has 0 bridgehead atoms. The molecule has 0 saturated carbocycles. The van der Waals surface area contributed by atoms with Gasteiger partial charge < -0.3 is 19.8 Å². The topological polar surface area (TPSA) is 135 Å². The summed E-state index contributed by atoms with van der Waals surface area (Å²) in [5.74, 6) is -3.95. The Morgan fingerprint density at radius 3 is 1.11 bits per heavy atom. The van der Waals surface area contributed by atoms with Gasteiger partial charge in [0, 0.05) is 12.4 Å². The van der Waals surface area contributed by atoms with Crippen molar-refractivity contribution in [3.05, 3.63) is 0 Å². The number of carboxylic acids is 2. The summed E-state index contributed by atoms with van der Waals surface area (Å²) < 4.78 is 29.4. The molecular formula is C26H48Li2O7S. The molecule has 0 spiro atoms. The molecule has 0 aliphatic rings. The Kier molecular flexibility index (Phi) is 28.5. The van der Waals surface area contributed by atoms with E-state index in [0.717, 1.165) is 25.7 Å². The summed E-state index contributed by atoms with van der Waals surface area (Å²) in [4.78, 5) is 22.1. The third kappa shape index (κ3) is 20.1. The minimum absolute atomic E-state index is 0. The van der Waals surface area contributed by atoms with E-state index in [9.17, 15) is 32.8 Å². The molecule has 36 heavy (non-hydrogen) atoms. The fourth-order valence-corrected chi connectivity index (χ4v) is 5.40. The summed E-state index contributed by atoms with van der Waals surface area (Å²) in [5, 5.41) is 22.1. The van der Waals surface area contributed by atoms with Gasteiger partial charge in [0.1, 0.15) is 4.75 Å². The molecule has 0 aliphatic heterocycles. The van der Waals surface area contributed by atoms with Crippen molar-refractivity contribution < 1.29 is 70.5 Å². The van der Waals surface area contributed by atoms with E-state index in [2.05, 4.69) is 6.92 Å². The number of hydrogen-bond donors (Lipinski definition) is 1. The van der Waals surface area contributed by atoms with Gasteiger partial charge in [-0.2, -0.15) is 8.42 Å². The molecular weight excluding hydrogens is 470 g/mol. The number of unbranched alkanes of at least 4 members (excludes halogenated alkanes) is 19. The van der Waals surface area contributed by atoms with Crippen molar-refractivity contribution in [2.24, 2.45) is 0 Å². The Balaban J connectivity index is -0.00000544. The first-order valence-corrected chi connectivity index (χ1v) is 15.0. The van der Waals surface area contributed by atoms with Gasteiger partial charge in [-0.1, -0.05) is 135 Å². The summed E-state index contributed by atoms with van der Waals surface area (Å²) in [6, 6.07) is 0. The zero-order valence-electron chi connectivity index (χ0n) is 23.4. The van der Waals surface area contributed by atoms with Crippen molar-refractivity contribution in [2.75, 3.05) is 0 Å². The quantitative estimate of drug-likeness (QED) is 0.0904. The van der Waals surface area contributed by atoms with Crippen LogP contribution in [0.1, 0.15) is 148 Å². The second-order valence-corrected chi connectivity index (χ2v) is 11.5. The molecule has 0 saturated heterocycles. The van der Waals surface area contributed by atoms with E-state index < -0.39 is 39.6 Å². The zero-order chi connectivity index (χ0) is 25.7. The molecule has 1 N–H and O–H groups in total. The van der Waals surface area contributed by atoms with E-state index in [1.54, 1.807) is 0 Å². The number of hydrogen-bond acceptors (Lipinski definition) is 6. The van der Waals surface area contributed by atoms with Crippen molar-refractivity contribution in [1.29, 1.82) is 0 Å². The molecule has 0 radical (unpaired) electrons. The van der Waals surface area contributed by atoms with Gasteiger partial charge in [0.25, 0.3) is 10.1 Å². The minimum Gasteiger partial charge on any atom is -0.550 e. The van der Waals surface area contributed by atoms with E-state index in [1.807, 2.05) is 0 Å². The van der Waals surface area contributed by atoms with E-state index in [0.29, 0.717) is 6.42 Å². The normalized spacial score (nSPS) is 12.8. The van der Waals surface area contributed by atoms with Crippen LogP contribution in [-0.2, 0) is 19.7 Å². The Labute approximate surface area is 244 Å². The van der Waals surface area contributed by atoms with Gasteiger partial charge in [0.05, 0.1) is 5.97 Å². The Morgan fingerprint density at radius 2 is 0.889 bits per heavy atom. The zero-order valence-corrected chi connectivity index (χ0v) is 24.2. The average Bonchev–Trinajstić information content (AvgIpc) is 2.75. The third-order valence-electron chi connectivity index (χ3n) is 6.73. The summed E-state index contributed by atoms with van der Waals surface area (Å²) in [6.45, 7) is 2.25. The molecule has 0 fully saturated rings. The van der Waals surface area contributed by atoms with Gasteiger partial charge in [0.15, 0.2) is 0 Å². The van der Waals surface area contributed by atoms with Crippen LogP contribution in [0.25, 0.3) is 0 Å². The predicted molar refractivity (Wildman–Crippen MR) is 132 cm³/mol. The average molecular weight is 519 g/mol. The van der Waals surface area contributed by atoms with Crippen molar-refractivity contribution in [1.82, 2.24) is 0 Å². The van der Waals surface area contributed by atoms with Gasteiger partial charge in [-0.25, -0.2) is 0 Å². The summed E-state index contributed by atoms with van der Waals surface area (Å²) >= 11 is 0. The van der Waals surface area contributed by atoms with Gasteiger partial charge in [-0.3, -0.25) is 4.55 Å². The van der Waals surface area contributed by atoms with Crippen molar-refractivity contribution in [2.45, 2.75) is 153 Å². The van der Waals surface area contributed by atoms with Gasteiger partial charge in [-0.05, 0) is 6.42 Å². The van der Waals surface area contributed by atoms with Crippen molar-refractivity contribution >= 4 is 22.1 Å². The SMILES string of the molecule is CCCCCCCCCCCCCCCCCCCCCCC(CC(=O)[O-])(C(=O)[O-])S(=O)(=O)O.[Li+].[Li+]. The number of rotatable bonds is 25. The second-order valence-electron chi connectivity index (χ2n) is 9.77. The second kappa shape index (κ2) is 25.3. The molecule has 202 valence electrons. The first kappa shape index (κ1) is 40.5. The van der Waals surface area contributed by atoms with E-state index in [1.165, 1.54) is 89.9 Å². The fourth-order valence-electron chi connectivity index (χ4n) is 4.49. The molecule has 10 heteroatoms. The van der Waals surface area contributed by atoms with Crippen LogP contribution in [0.3, 0.4) is 0 Å². The van der Waals surface area contributed by atoms with Crippen molar-refractivity contribution in [3.8, 4) is 0 Å². The number of carboxylic acid groups (broad SMARTS) is 2. The summed E-state index contributed by atoms with van der Waals surface area (Å²) in [7, 11) is -5.13. The van der Waals surface area contributed by atoms with E-state index >= 15 is 0 Å². The van der Waals surface area contributed by atoms with Crippen LogP contribution in [0.2, 0.25) is 0 Å². The maximum absolute atomic E-state index is 11.5. The molecule has 0 aromatic heterocycles. The third-order valence-corrected chi connectivity index (χ3v) is 8.23. The van der Waals surface area contributed by atoms with E-state index in [4.69, 9.17) is 0 Å². The number of carbonyl (C=O) groups excluding carboxylic acids is 2. The molecule has 0 aromatic carbocycles. The fraction of sp³-hybridized carbons (Fsp3) is 0.923. The maximum Gasteiger partial charge on any atom is 1.00 e. The summed E-state index contributed by atoms with van der Waals surface area (Å²) in [6.07, 6.45) is 21.7. The van der Waals surface area contributed by atoms with Gasteiger partial charge >= 0.3 is 37.7 Å². The largest absolute Gasteiger partial charge is 1.00 e. The number of aliphatic carboxylic acids is 2.